The van der Waals surface area contributed by atoms with Crippen molar-refractivity contribution in [2.75, 3.05) is 13.1 Å². The second-order valence-electron chi connectivity index (χ2n) is 5.84. The third-order valence-corrected chi connectivity index (χ3v) is 4.15. The molecular formula is C18H13ClFN5O5. The van der Waals surface area contributed by atoms with Gasteiger partial charge < -0.3 is 15.2 Å². The number of hydrogen-bond donors (Lipinski definition) is 2. The third kappa shape index (κ3) is 4.75. The first-order valence-electron chi connectivity index (χ1n) is 8.45. The molecule has 0 aliphatic heterocycles. The lowest BCUT2D eigenvalue weighted by atomic mass is 10.2. The molecule has 1 aromatic heterocycles. The summed E-state index contributed by atoms with van der Waals surface area (Å²) in [7, 11) is 0. The van der Waals surface area contributed by atoms with Gasteiger partial charge in [-0.25, -0.2) is 4.39 Å². The van der Waals surface area contributed by atoms with E-state index in [1.807, 2.05) is 0 Å². The zero-order chi connectivity index (χ0) is 21.7. The van der Waals surface area contributed by atoms with Crippen LogP contribution in [0.25, 0.3) is 11.4 Å². The number of amides is 2. The van der Waals surface area contributed by atoms with Gasteiger partial charge in [0, 0.05) is 25.2 Å². The Hall–Kier alpha value is -3.86. The van der Waals surface area contributed by atoms with Gasteiger partial charge in [-0.15, -0.1) is 0 Å². The first kappa shape index (κ1) is 20.9. The van der Waals surface area contributed by atoms with Crippen LogP contribution in [0.1, 0.15) is 21.0 Å². The van der Waals surface area contributed by atoms with Crippen LogP contribution in [-0.4, -0.2) is 40.0 Å². The standard InChI is InChI=1S/C18H13ClFN5O5/c19-13-9-10(25(28)29)5-6-11(13)16(26)21-7-8-22-17(27)18-23-15(24-30-18)12-3-1-2-4-14(12)20/h1-6,9H,7-8H2,(H,21,26)(H,22,27). The Morgan fingerprint density at radius 2 is 1.83 bits per heavy atom. The summed E-state index contributed by atoms with van der Waals surface area (Å²) in [6, 6.07) is 9.23. The van der Waals surface area contributed by atoms with Crippen molar-refractivity contribution in [3.05, 3.63) is 74.9 Å². The van der Waals surface area contributed by atoms with Crippen LogP contribution in [0.2, 0.25) is 5.02 Å². The zero-order valence-corrected chi connectivity index (χ0v) is 15.9. The number of hydrogen-bond acceptors (Lipinski definition) is 7. The number of nitro benzene ring substituents is 1. The van der Waals surface area contributed by atoms with Crippen molar-refractivity contribution in [2.24, 2.45) is 0 Å². The molecule has 154 valence electrons. The van der Waals surface area contributed by atoms with E-state index >= 15 is 0 Å². The second-order valence-corrected chi connectivity index (χ2v) is 6.24. The van der Waals surface area contributed by atoms with Gasteiger partial charge in [0.25, 0.3) is 11.6 Å². The number of nitrogens with zero attached hydrogens (tertiary/aromatic N) is 3. The van der Waals surface area contributed by atoms with Crippen LogP contribution in [0.5, 0.6) is 0 Å². The average Bonchev–Trinajstić information content (AvgIpc) is 3.21. The molecule has 0 saturated heterocycles. The lowest BCUT2D eigenvalue weighted by Gasteiger charge is -2.07. The minimum absolute atomic E-state index is 0.0204. The van der Waals surface area contributed by atoms with E-state index < -0.39 is 22.6 Å². The molecule has 10 nitrogen and oxygen atoms in total. The van der Waals surface area contributed by atoms with Crippen LogP contribution in [0, 0.1) is 15.9 Å². The van der Waals surface area contributed by atoms with Gasteiger partial charge in [-0.1, -0.05) is 28.9 Å². The SMILES string of the molecule is O=C(NCCNC(=O)c1ccc([N+](=O)[O-])cc1Cl)c1nc(-c2ccccc2F)no1. The fraction of sp³-hybridized carbons (Fsp3) is 0.111. The molecule has 0 saturated carbocycles. The molecule has 1 heterocycles. The Morgan fingerprint density at radius 1 is 1.13 bits per heavy atom. The average molecular weight is 434 g/mol. The van der Waals surface area contributed by atoms with Crippen molar-refractivity contribution < 1.29 is 23.4 Å². The van der Waals surface area contributed by atoms with Crippen molar-refractivity contribution in [3.8, 4) is 11.4 Å². The summed E-state index contributed by atoms with van der Waals surface area (Å²) in [6.07, 6.45) is 0. The molecule has 3 rings (SSSR count). The highest BCUT2D eigenvalue weighted by Gasteiger charge is 2.18. The van der Waals surface area contributed by atoms with E-state index in [-0.39, 0.29) is 46.6 Å². The number of rotatable bonds is 7. The number of carbonyl (C=O) groups excluding carboxylic acids is 2. The maximum atomic E-state index is 13.7. The quantitative estimate of drug-likeness (QED) is 0.331. The van der Waals surface area contributed by atoms with E-state index in [0.29, 0.717) is 0 Å². The molecule has 2 aromatic carbocycles. The summed E-state index contributed by atoms with van der Waals surface area (Å²) in [5.41, 5.74) is -0.0920. The summed E-state index contributed by atoms with van der Waals surface area (Å²) in [5.74, 6) is -2.26. The number of aromatic nitrogens is 2. The molecule has 2 amide bonds. The number of non-ortho nitro benzene ring substituents is 1. The zero-order valence-electron chi connectivity index (χ0n) is 15.1. The normalized spacial score (nSPS) is 10.5. The van der Waals surface area contributed by atoms with E-state index in [4.69, 9.17) is 16.1 Å². The molecule has 0 radical (unpaired) electrons. The maximum Gasteiger partial charge on any atom is 0.316 e. The van der Waals surface area contributed by atoms with Gasteiger partial charge in [-0.3, -0.25) is 19.7 Å². The van der Waals surface area contributed by atoms with Gasteiger partial charge in [0.2, 0.25) is 5.82 Å². The molecular weight excluding hydrogens is 421 g/mol. The Kier molecular flexibility index (Phi) is 6.32. The molecule has 0 aliphatic carbocycles. The van der Waals surface area contributed by atoms with E-state index in [1.165, 1.54) is 24.3 Å². The molecule has 0 unspecified atom stereocenters. The summed E-state index contributed by atoms with van der Waals surface area (Å²) in [5, 5.41) is 19.2. The van der Waals surface area contributed by atoms with Crippen molar-refractivity contribution in [2.45, 2.75) is 0 Å². The molecule has 0 aliphatic rings. The Balaban J connectivity index is 1.51. The molecule has 0 fully saturated rings. The van der Waals surface area contributed by atoms with Gasteiger partial charge in [-0.05, 0) is 18.2 Å². The van der Waals surface area contributed by atoms with Gasteiger partial charge in [0.05, 0.1) is 21.1 Å². The highest BCUT2D eigenvalue weighted by molar-refractivity contribution is 6.34. The topological polar surface area (TPSA) is 140 Å². The number of carbonyl (C=O) groups is 2. The number of benzene rings is 2. The monoisotopic (exact) mass is 433 g/mol. The largest absolute Gasteiger partial charge is 0.350 e. The Morgan fingerprint density at radius 3 is 2.50 bits per heavy atom. The second kappa shape index (κ2) is 9.09. The molecule has 0 bridgehead atoms. The van der Waals surface area contributed by atoms with Crippen LogP contribution in [0.15, 0.2) is 47.0 Å². The molecule has 12 heteroatoms. The highest BCUT2D eigenvalue weighted by Crippen LogP contribution is 2.22. The van der Waals surface area contributed by atoms with Crippen LogP contribution in [-0.2, 0) is 0 Å². The first-order chi connectivity index (χ1) is 14.4. The Labute approximate surface area is 173 Å². The fourth-order valence-electron chi connectivity index (χ4n) is 2.39. The van der Waals surface area contributed by atoms with Crippen molar-refractivity contribution in [1.82, 2.24) is 20.8 Å². The van der Waals surface area contributed by atoms with Crippen LogP contribution >= 0.6 is 11.6 Å². The predicted molar refractivity (Wildman–Crippen MR) is 102 cm³/mol. The molecule has 30 heavy (non-hydrogen) atoms. The van der Waals surface area contributed by atoms with Gasteiger partial charge >= 0.3 is 11.8 Å². The molecule has 3 aromatic rings. The predicted octanol–water partition coefficient (Wildman–Crippen LogP) is 2.60. The fourth-order valence-corrected chi connectivity index (χ4v) is 2.65. The Bertz CT molecular complexity index is 1120. The van der Waals surface area contributed by atoms with E-state index in [9.17, 15) is 24.1 Å². The summed E-state index contributed by atoms with van der Waals surface area (Å²) < 4.78 is 18.6. The first-order valence-corrected chi connectivity index (χ1v) is 8.83. The van der Waals surface area contributed by atoms with Crippen LogP contribution in [0.3, 0.4) is 0 Å². The molecule has 2 N–H and O–H groups in total. The third-order valence-electron chi connectivity index (χ3n) is 3.84. The number of nitro groups is 1. The maximum absolute atomic E-state index is 13.7. The van der Waals surface area contributed by atoms with Crippen LogP contribution < -0.4 is 10.6 Å². The van der Waals surface area contributed by atoms with Gasteiger partial charge in [-0.2, -0.15) is 4.98 Å². The van der Waals surface area contributed by atoms with Gasteiger partial charge in [0.15, 0.2) is 0 Å². The smallest absolute Gasteiger partial charge is 0.316 e. The summed E-state index contributed by atoms with van der Waals surface area (Å²) in [6.45, 7) is 0.0543. The van der Waals surface area contributed by atoms with Crippen molar-refractivity contribution >= 4 is 29.1 Å². The summed E-state index contributed by atoms with van der Waals surface area (Å²) >= 11 is 5.89. The number of nitrogens with one attached hydrogen (secondary N) is 2. The van der Waals surface area contributed by atoms with Crippen molar-refractivity contribution in [1.29, 1.82) is 0 Å². The van der Waals surface area contributed by atoms with Gasteiger partial charge in [0.1, 0.15) is 5.82 Å². The van der Waals surface area contributed by atoms with E-state index in [2.05, 4.69) is 20.8 Å². The molecule has 0 atom stereocenters. The van der Waals surface area contributed by atoms with E-state index in [0.717, 1.165) is 12.1 Å². The van der Waals surface area contributed by atoms with Crippen molar-refractivity contribution in [3.63, 3.8) is 0 Å². The van der Waals surface area contributed by atoms with Crippen LogP contribution in [0.4, 0.5) is 10.1 Å². The number of halogens is 2. The lowest BCUT2D eigenvalue weighted by molar-refractivity contribution is -0.384. The van der Waals surface area contributed by atoms with E-state index in [1.54, 1.807) is 6.07 Å². The minimum Gasteiger partial charge on any atom is -0.350 e. The molecule has 0 spiro atoms. The lowest BCUT2D eigenvalue weighted by Crippen LogP contribution is -2.34. The summed E-state index contributed by atoms with van der Waals surface area (Å²) in [4.78, 5) is 38.1. The minimum atomic E-state index is -0.701. The highest BCUT2D eigenvalue weighted by atomic mass is 35.5.